The summed E-state index contributed by atoms with van der Waals surface area (Å²) in [6, 6.07) is 16.0. The number of anilines is 1. The lowest BCUT2D eigenvalue weighted by Crippen LogP contribution is -2.47. The first-order chi connectivity index (χ1) is 21.9. The number of hydrogen-bond donors (Lipinski definition) is 2. The van der Waals surface area contributed by atoms with Crippen molar-refractivity contribution in [1.29, 1.82) is 0 Å². The van der Waals surface area contributed by atoms with Crippen LogP contribution >= 0.6 is 0 Å². The van der Waals surface area contributed by atoms with Gasteiger partial charge in [0.1, 0.15) is 5.75 Å². The molecule has 2 aromatic carbocycles. The lowest BCUT2D eigenvalue weighted by atomic mass is 10.2. The molecule has 1 aliphatic rings. The topological polar surface area (TPSA) is 151 Å². The first-order valence-corrected chi connectivity index (χ1v) is 14.1. The van der Waals surface area contributed by atoms with Crippen LogP contribution in [0.5, 0.6) is 5.75 Å². The molecule has 0 atom stereocenters. The number of carboxylic acid groups (broad SMARTS) is 2. The van der Waals surface area contributed by atoms with Crippen LogP contribution in [0.4, 0.5) is 18.9 Å². The Bertz CT molecular complexity index is 1610. The van der Waals surface area contributed by atoms with Crippen LogP contribution in [0.3, 0.4) is 0 Å². The van der Waals surface area contributed by atoms with Crippen LogP contribution in [0.25, 0.3) is 0 Å². The predicted octanol–water partition coefficient (Wildman–Crippen LogP) is 2.74. The molecule has 1 aliphatic heterocycles. The highest BCUT2D eigenvalue weighted by molar-refractivity contribution is 5.89. The maximum Gasteiger partial charge on any atom is 0.422 e. The number of rotatable bonds is 12. The van der Waals surface area contributed by atoms with Gasteiger partial charge < -0.3 is 19.8 Å². The van der Waals surface area contributed by atoms with Gasteiger partial charge >= 0.3 is 23.8 Å². The maximum absolute atomic E-state index is 13.0. The molecule has 3 aromatic rings. The summed E-state index contributed by atoms with van der Waals surface area (Å²) >= 11 is 0. The molecular formula is C31H33F3N4O8. The molecule has 0 saturated carbocycles. The second-order valence-corrected chi connectivity index (χ2v) is 10.1. The van der Waals surface area contributed by atoms with Crippen LogP contribution in [-0.2, 0) is 22.7 Å². The van der Waals surface area contributed by atoms with Crippen molar-refractivity contribution in [2.24, 2.45) is 0 Å². The molecule has 0 bridgehead atoms. The standard InChI is InChI=1S/C27H29F3N4O4.C4H4O4/c28-27(29,30)20-38-24-10-5-4-9-23(24)32-15-13-31(14-16-32)11-6-12-34-25(36)22(19-35)18-33(26(34)37)17-21-7-2-1-3-8-21;5-3(6)1-2-4(7)8/h1-5,7-10,18-19H,6,11-17,20H2;1-2H,(H,5,6)(H,7,8). The summed E-state index contributed by atoms with van der Waals surface area (Å²) in [6.07, 6.45) is -1.01. The van der Waals surface area contributed by atoms with E-state index in [9.17, 15) is 37.1 Å². The Kier molecular flexibility index (Phi) is 12.9. The van der Waals surface area contributed by atoms with E-state index in [1.165, 1.54) is 16.8 Å². The average Bonchev–Trinajstić information content (AvgIpc) is 3.03. The van der Waals surface area contributed by atoms with E-state index in [2.05, 4.69) is 4.90 Å². The number of carboxylic acids is 2. The molecule has 2 N–H and O–H groups in total. The molecule has 0 radical (unpaired) electrons. The Morgan fingerprint density at radius 2 is 1.48 bits per heavy atom. The normalized spacial score (nSPS) is 13.6. The monoisotopic (exact) mass is 646 g/mol. The SMILES string of the molecule is O=C(O)C=CC(=O)O.O=Cc1cn(Cc2ccccc2)c(=O)n(CCCN2CCN(c3ccccc3OCC(F)(F)F)CC2)c1=O. The Balaban J connectivity index is 0.000000637. The number of aldehydes is 1. The minimum atomic E-state index is -4.41. The molecule has 246 valence electrons. The fourth-order valence-corrected chi connectivity index (χ4v) is 4.65. The van der Waals surface area contributed by atoms with Gasteiger partial charge in [-0.15, -0.1) is 0 Å². The predicted molar refractivity (Wildman–Crippen MR) is 162 cm³/mol. The number of ether oxygens (including phenoxy) is 1. The van der Waals surface area contributed by atoms with Gasteiger partial charge in [-0.25, -0.2) is 14.4 Å². The third kappa shape index (κ3) is 11.1. The quantitative estimate of drug-likeness (QED) is 0.222. The summed E-state index contributed by atoms with van der Waals surface area (Å²) in [5, 5.41) is 15.6. The highest BCUT2D eigenvalue weighted by Crippen LogP contribution is 2.30. The summed E-state index contributed by atoms with van der Waals surface area (Å²) in [7, 11) is 0. The molecule has 2 heterocycles. The number of halogens is 3. The fourth-order valence-electron chi connectivity index (χ4n) is 4.65. The molecule has 0 spiro atoms. The molecule has 0 unspecified atom stereocenters. The number of nitrogens with zero attached hydrogens (tertiary/aromatic N) is 4. The highest BCUT2D eigenvalue weighted by Gasteiger charge is 2.29. The van der Waals surface area contributed by atoms with Gasteiger partial charge in [-0.2, -0.15) is 13.2 Å². The molecule has 0 amide bonds. The molecule has 1 fully saturated rings. The van der Waals surface area contributed by atoms with E-state index in [1.807, 2.05) is 35.2 Å². The van der Waals surface area contributed by atoms with Crippen molar-refractivity contribution in [2.75, 3.05) is 44.2 Å². The van der Waals surface area contributed by atoms with Crippen molar-refractivity contribution in [3.63, 3.8) is 0 Å². The number of piperazine rings is 1. The van der Waals surface area contributed by atoms with E-state index < -0.39 is 36.0 Å². The van der Waals surface area contributed by atoms with Crippen molar-refractivity contribution < 1.29 is 42.5 Å². The third-order valence-electron chi connectivity index (χ3n) is 6.78. The van der Waals surface area contributed by atoms with Crippen LogP contribution in [0.2, 0.25) is 0 Å². The van der Waals surface area contributed by atoms with Crippen LogP contribution in [-0.4, -0.2) is 88.0 Å². The van der Waals surface area contributed by atoms with Gasteiger partial charge in [0.2, 0.25) is 0 Å². The van der Waals surface area contributed by atoms with Gasteiger partial charge in [0.15, 0.2) is 12.9 Å². The summed E-state index contributed by atoms with van der Waals surface area (Å²) in [4.78, 5) is 60.4. The zero-order chi connectivity index (χ0) is 33.7. The molecule has 1 aromatic heterocycles. The Hall–Kier alpha value is -5.18. The average molecular weight is 647 g/mol. The van der Waals surface area contributed by atoms with E-state index in [0.29, 0.717) is 63.3 Å². The second kappa shape index (κ2) is 16.8. The summed E-state index contributed by atoms with van der Waals surface area (Å²) in [6.45, 7) is 2.20. The van der Waals surface area contributed by atoms with Crippen molar-refractivity contribution in [3.05, 3.63) is 105 Å². The molecule has 46 heavy (non-hydrogen) atoms. The van der Waals surface area contributed by atoms with Gasteiger partial charge in [-0.05, 0) is 30.7 Å². The van der Waals surface area contributed by atoms with Gasteiger partial charge in [0, 0.05) is 51.1 Å². The van der Waals surface area contributed by atoms with Crippen LogP contribution in [0, 0.1) is 0 Å². The number of aromatic nitrogens is 2. The lowest BCUT2D eigenvalue weighted by molar-refractivity contribution is -0.153. The largest absolute Gasteiger partial charge is 0.482 e. The molecule has 12 nitrogen and oxygen atoms in total. The maximum atomic E-state index is 13.0. The van der Waals surface area contributed by atoms with Crippen molar-refractivity contribution >= 4 is 23.9 Å². The molecule has 4 rings (SSSR count). The highest BCUT2D eigenvalue weighted by atomic mass is 19.4. The van der Waals surface area contributed by atoms with Gasteiger partial charge in [0.05, 0.1) is 17.8 Å². The first-order valence-electron chi connectivity index (χ1n) is 14.1. The van der Waals surface area contributed by atoms with E-state index in [-0.39, 0.29) is 24.4 Å². The molecular weight excluding hydrogens is 613 g/mol. The van der Waals surface area contributed by atoms with Gasteiger partial charge in [-0.3, -0.25) is 23.6 Å². The minimum absolute atomic E-state index is 0.0689. The van der Waals surface area contributed by atoms with Gasteiger partial charge in [0.25, 0.3) is 5.56 Å². The summed E-state index contributed by atoms with van der Waals surface area (Å²) < 4.78 is 45.3. The Morgan fingerprint density at radius 3 is 2.07 bits per heavy atom. The number of benzene rings is 2. The van der Waals surface area contributed by atoms with E-state index in [0.717, 1.165) is 10.1 Å². The van der Waals surface area contributed by atoms with Crippen LogP contribution in [0.15, 0.2) is 82.5 Å². The number of alkyl halides is 3. The van der Waals surface area contributed by atoms with Gasteiger partial charge in [-0.1, -0.05) is 42.5 Å². The zero-order valence-electron chi connectivity index (χ0n) is 24.6. The van der Waals surface area contributed by atoms with E-state index in [4.69, 9.17) is 14.9 Å². The minimum Gasteiger partial charge on any atom is -0.482 e. The van der Waals surface area contributed by atoms with Crippen LogP contribution in [0.1, 0.15) is 22.3 Å². The Morgan fingerprint density at radius 1 is 0.870 bits per heavy atom. The molecule has 15 heteroatoms. The van der Waals surface area contributed by atoms with Crippen molar-refractivity contribution in [2.45, 2.75) is 25.7 Å². The third-order valence-corrected chi connectivity index (χ3v) is 6.78. The van der Waals surface area contributed by atoms with E-state index >= 15 is 0 Å². The number of aliphatic carboxylic acids is 2. The lowest BCUT2D eigenvalue weighted by Gasteiger charge is -2.36. The number of carbonyl (C=O) groups excluding carboxylic acids is 1. The summed E-state index contributed by atoms with van der Waals surface area (Å²) in [5.74, 6) is -2.32. The number of para-hydroxylation sites is 2. The van der Waals surface area contributed by atoms with Crippen molar-refractivity contribution in [1.82, 2.24) is 14.0 Å². The zero-order valence-corrected chi connectivity index (χ0v) is 24.6. The van der Waals surface area contributed by atoms with Crippen LogP contribution < -0.4 is 20.9 Å². The Labute approximate surface area is 261 Å². The second-order valence-electron chi connectivity index (χ2n) is 10.1. The fraction of sp³-hybridized carbons (Fsp3) is 0.323. The number of hydrogen-bond acceptors (Lipinski definition) is 8. The summed E-state index contributed by atoms with van der Waals surface area (Å²) in [5.41, 5.74) is 0.354. The number of carbonyl (C=O) groups is 3. The van der Waals surface area contributed by atoms with Crippen molar-refractivity contribution in [3.8, 4) is 5.75 Å². The molecule has 1 saturated heterocycles. The van der Waals surface area contributed by atoms with E-state index in [1.54, 1.807) is 18.2 Å². The first kappa shape index (κ1) is 35.3. The molecule has 0 aliphatic carbocycles. The smallest absolute Gasteiger partial charge is 0.422 e.